The van der Waals surface area contributed by atoms with E-state index in [1.54, 1.807) is 48.7 Å². The number of methoxy groups -OCH3 is 2. The van der Waals surface area contributed by atoms with Crippen LogP contribution in [0.1, 0.15) is 57.8 Å². The predicted octanol–water partition coefficient (Wildman–Crippen LogP) is 7.43. The number of carbonyl (C=O) groups is 2. The molecule has 0 bridgehead atoms. The summed E-state index contributed by atoms with van der Waals surface area (Å²) in [6, 6.07) is 14.9. The Hall–Kier alpha value is -2.74. The van der Waals surface area contributed by atoms with Crippen LogP contribution in [-0.4, -0.2) is 55.0 Å². The van der Waals surface area contributed by atoms with Gasteiger partial charge in [-0.05, 0) is 74.2 Å². The number of thiophene rings is 1. The summed E-state index contributed by atoms with van der Waals surface area (Å²) in [6.45, 7) is 3.07. The van der Waals surface area contributed by atoms with Crippen molar-refractivity contribution >= 4 is 46.4 Å². The van der Waals surface area contributed by atoms with Crippen LogP contribution in [0.3, 0.4) is 0 Å². The molecule has 3 aromatic rings. The van der Waals surface area contributed by atoms with E-state index in [4.69, 9.17) is 32.7 Å². The molecule has 0 N–H and O–H groups in total. The number of rotatable bonds is 11. The Kier molecular flexibility index (Phi) is 10.8. The minimum atomic E-state index is -0.189. The molecule has 0 saturated heterocycles. The first kappa shape index (κ1) is 30.2. The number of aryl methyl sites for hydroxylation is 1. The van der Waals surface area contributed by atoms with Crippen LogP contribution in [0.25, 0.3) is 0 Å². The molecule has 0 radical (unpaired) electrons. The number of benzene rings is 2. The van der Waals surface area contributed by atoms with Gasteiger partial charge in [-0.25, -0.2) is 0 Å². The number of hydrogen-bond donors (Lipinski definition) is 0. The van der Waals surface area contributed by atoms with Crippen molar-refractivity contribution in [1.29, 1.82) is 0 Å². The lowest BCUT2D eigenvalue weighted by Crippen LogP contribution is -2.48. The van der Waals surface area contributed by atoms with Crippen molar-refractivity contribution in [2.24, 2.45) is 0 Å². The smallest absolute Gasteiger partial charge is 0.254 e. The van der Waals surface area contributed by atoms with E-state index in [1.807, 2.05) is 23.1 Å². The molecule has 0 atom stereocenters. The second kappa shape index (κ2) is 14.2. The van der Waals surface area contributed by atoms with Crippen molar-refractivity contribution in [3.05, 3.63) is 79.5 Å². The van der Waals surface area contributed by atoms with Crippen molar-refractivity contribution in [3.8, 4) is 11.5 Å². The molecule has 40 heavy (non-hydrogen) atoms. The number of ether oxygens (including phenoxy) is 2. The number of hydrogen-bond acceptors (Lipinski definition) is 5. The first-order chi connectivity index (χ1) is 19.3. The van der Waals surface area contributed by atoms with Gasteiger partial charge in [0.2, 0.25) is 5.91 Å². The predicted molar refractivity (Wildman–Crippen MR) is 162 cm³/mol. The molecule has 9 heteroatoms. The van der Waals surface area contributed by atoms with Crippen LogP contribution < -0.4 is 9.47 Å². The third-order valence-electron chi connectivity index (χ3n) is 7.36. The SMILES string of the molecule is COc1ccc(CCN(Cc2ccc(C)s2)C(=O)CN(C(=O)c2ccc(Cl)c(Cl)c2)C2CCCCC2)cc1OC. The van der Waals surface area contributed by atoms with E-state index in [-0.39, 0.29) is 24.4 Å². The molecule has 1 fully saturated rings. The second-order valence-electron chi connectivity index (χ2n) is 10.1. The monoisotopic (exact) mass is 602 g/mol. The highest BCUT2D eigenvalue weighted by Crippen LogP contribution is 2.29. The summed E-state index contributed by atoms with van der Waals surface area (Å²) in [6.07, 6.45) is 5.64. The molecule has 1 aliphatic rings. The Morgan fingerprint density at radius 1 is 0.925 bits per heavy atom. The average Bonchev–Trinajstić information content (AvgIpc) is 3.39. The lowest BCUT2D eigenvalue weighted by atomic mass is 9.93. The molecule has 2 amide bonds. The Labute approximate surface area is 250 Å². The fraction of sp³-hybridized carbons (Fsp3) is 0.419. The van der Waals surface area contributed by atoms with Crippen molar-refractivity contribution < 1.29 is 19.1 Å². The molecule has 0 aliphatic heterocycles. The topological polar surface area (TPSA) is 59.1 Å². The first-order valence-corrected chi connectivity index (χ1v) is 15.2. The van der Waals surface area contributed by atoms with Gasteiger partial charge >= 0.3 is 0 Å². The maximum absolute atomic E-state index is 14.0. The molecular formula is C31H36Cl2N2O4S. The molecule has 1 saturated carbocycles. The molecule has 2 aromatic carbocycles. The third-order valence-corrected chi connectivity index (χ3v) is 9.09. The minimum absolute atomic E-state index is 0.0105. The fourth-order valence-electron chi connectivity index (χ4n) is 5.15. The summed E-state index contributed by atoms with van der Waals surface area (Å²) in [5.41, 5.74) is 1.48. The van der Waals surface area contributed by atoms with E-state index in [2.05, 4.69) is 19.1 Å². The highest BCUT2D eigenvalue weighted by atomic mass is 35.5. The van der Waals surface area contributed by atoms with Gasteiger partial charge in [0.15, 0.2) is 11.5 Å². The highest BCUT2D eigenvalue weighted by Gasteiger charge is 2.30. The molecule has 1 heterocycles. The molecular weight excluding hydrogens is 567 g/mol. The molecule has 4 rings (SSSR count). The van der Waals surface area contributed by atoms with E-state index >= 15 is 0 Å². The zero-order chi connectivity index (χ0) is 28.6. The molecule has 1 aromatic heterocycles. The Morgan fingerprint density at radius 2 is 1.68 bits per heavy atom. The van der Waals surface area contributed by atoms with Crippen molar-refractivity contribution in [2.75, 3.05) is 27.3 Å². The molecule has 1 aliphatic carbocycles. The Bertz CT molecular complexity index is 1320. The van der Waals surface area contributed by atoms with Crippen molar-refractivity contribution in [3.63, 3.8) is 0 Å². The quantitative estimate of drug-likeness (QED) is 0.229. The van der Waals surface area contributed by atoms with E-state index in [0.717, 1.165) is 42.5 Å². The van der Waals surface area contributed by atoms with E-state index in [0.29, 0.717) is 46.6 Å². The normalized spacial score (nSPS) is 13.6. The van der Waals surface area contributed by atoms with E-state index < -0.39 is 0 Å². The third kappa shape index (κ3) is 7.71. The Morgan fingerprint density at radius 3 is 2.33 bits per heavy atom. The van der Waals surface area contributed by atoms with Gasteiger partial charge in [0.25, 0.3) is 5.91 Å². The Balaban J connectivity index is 1.57. The maximum atomic E-state index is 14.0. The molecule has 0 spiro atoms. The number of carbonyl (C=O) groups excluding carboxylic acids is 2. The summed E-state index contributed by atoms with van der Waals surface area (Å²) in [7, 11) is 3.22. The van der Waals surface area contributed by atoms with Crippen molar-refractivity contribution in [2.45, 2.75) is 58.0 Å². The van der Waals surface area contributed by atoms with Crippen LogP contribution in [0.4, 0.5) is 0 Å². The fourth-order valence-corrected chi connectivity index (χ4v) is 6.35. The van der Waals surface area contributed by atoms with Crippen LogP contribution in [-0.2, 0) is 17.8 Å². The van der Waals surface area contributed by atoms with Crippen LogP contribution >= 0.6 is 34.5 Å². The van der Waals surface area contributed by atoms with Crippen LogP contribution in [0.15, 0.2) is 48.5 Å². The van der Waals surface area contributed by atoms with Crippen LogP contribution in [0, 0.1) is 6.92 Å². The lowest BCUT2D eigenvalue weighted by molar-refractivity contribution is -0.133. The summed E-state index contributed by atoms with van der Waals surface area (Å²) >= 11 is 14.0. The standard InChI is InChI=1S/C31H36Cl2N2O4S/c1-21-9-12-25(40-21)19-34(16-15-22-10-14-28(38-2)29(17-22)39-3)30(36)20-35(24-7-5-4-6-8-24)31(37)23-11-13-26(32)27(33)18-23/h9-14,17-18,24H,4-8,15-16,19-20H2,1-3H3. The summed E-state index contributed by atoms with van der Waals surface area (Å²) in [5.74, 6) is 1.05. The van der Waals surface area contributed by atoms with Crippen LogP contribution in [0.2, 0.25) is 10.0 Å². The maximum Gasteiger partial charge on any atom is 0.254 e. The van der Waals surface area contributed by atoms with Gasteiger partial charge in [-0.1, -0.05) is 48.5 Å². The lowest BCUT2D eigenvalue weighted by Gasteiger charge is -2.35. The first-order valence-electron chi connectivity index (χ1n) is 13.6. The summed E-state index contributed by atoms with van der Waals surface area (Å²) in [5, 5.41) is 0.720. The highest BCUT2D eigenvalue weighted by molar-refractivity contribution is 7.11. The zero-order valence-electron chi connectivity index (χ0n) is 23.3. The number of amides is 2. The number of halogens is 2. The van der Waals surface area contributed by atoms with Gasteiger partial charge < -0.3 is 19.3 Å². The van der Waals surface area contributed by atoms with Gasteiger partial charge in [0, 0.05) is 27.9 Å². The zero-order valence-corrected chi connectivity index (χ0v) is 25.6. The average molecular weight is 604 g/mol. The molecule has 214 valence electrons. The van der Waals surface area contributed by atoms with Gasteiger partial charge in [-0.3, -0.25) is 9.59 Å². The number of nitrogens with zero attached hydrogens (tertiary/aromatic N) is 2. The van der Waals surface area contributed by atoms with E-state index in [1.165, 1.54) is 4.88 Å². The van der Waals surface area contributed by atoms with Gasteiger partial charge in [0.05, 0.1) is 30.8 Å². The van der Waals surface area contributed by atoms with E-state index in [9.17, 15) is 9.59 Å². The largest absolute Gasteiger partial charge is 0.493 e. The van der Waals surface area contributed by atoms with Gasteiger partial charge in [0.1, 0.15) is 6.54 Å². The molecule has 0 unspecified atom stereocenters. The molecule has 6 nitrogen and oxygen atoms in total. The summed E-state index contributed by atoms with van der Waals surface area (Å²) < 4.78 is 10.8. The minimum Gasteiger partial charge on any atom is -0.493 e. The van der Waals surface area contributed by atoms with Gasteiger partial charge in [-0.2, -0.15) is 0 Å². The van der Waals surface area contributed by atoms with Crippen molar-refractivity contribution in [1.82, 2.24) is 9.80 Å². The second-order valence-corrected chi connectivity index (χ2v) is 12.3. The van der Waals surface area contributed by atoms with Gasteiger partial charge in [-0.15, -0.1) is 11.3 Å². The summed E-state index contributed by atoms with van der Waals surface area (Å²) in [4.78, 5) is 33.6. The van der Waals surface area contributed by atoms with Crippen LogP contribution in [0.5, 0.6) is 11.5 Å².